The molecule has 0 heterocycles. The van der Waals surface area contributed by atoms with Crippen LogP contribution >= 0.6 is 0 Å². The van der Waals surface area contributed by atoms with Gasteiger partial charge in [0, 0.05) is 19.4 Å². The molecule has 332 valence electrons. The van der Waals surface area contributed by atoms with E-state index in [9.17, 15) is 9.59 Å². The van der Waals surface area contributed by atoms with E-state index >= 15 is 0 Å². The molecule has 0 aromatic heterocycles. The maximum absolute atomic E-state index is 12.6. The van der Waals surface area contributed by atoms with Crippen molar-refractivity contribution in [2.24, 2.45) is 0 Å². The minimum absolute atomic E-state index is 0.0902. The predicted molar refractivity (Wildman–Crippen MR) is 242 cm³/mol. The molecule has 0 radical (unpaired) electrons. The molecule has 0 aliphatic rings. The Balaban J connectivity index is 3.96. The summed E-state index contributed by atoms with van der Waals surface area (Å²) in [4.78, 5) is 25.1. The maximum Gasteiger partial charge on any atom is 0.306 e. The minimum atomic E-state index is -0.527. The van der Waals surface area contributed by atoms with Gasteiger partial charge in [-0.1, -0.05) is 232 Å². The second-order valence-corrected chi connectivity index (χ2v) is 17.1. The van der Waals surface area contributed by atoms with Gasteiger partial charge in [-0.25, -0.2) is 0 Å². The van der Waals surface area contributed by atoms with Crippen LogP contribution in [0.4, 0.5) is 0 Å². The number of allylic oxidation sites excluding steroid dienone is 2. The van der Waals surface area contributed by atoms with Crippen LogP contribution in [-0.2, 0) is 23.8 Å². The third-order valence-corrected chi connectivity index (χ3v) is 11.3. The van der Waals surface area contributed by atoms with Gasteiger partial charge < -0.3 is 14.2 Å². The first-order valence-electron chi connectivity index (χ1n) is 25.2. The molecule has 0 fully saturated rings. The van der Waals surface area contributed by atoms with Crippen LogP contribution in [0.5, 0.6) is 0 Å². The quantitative estimate of drug-likeness (QED) is 0.0349. The number of rotatable bonds is 47. The fourth-order valence-corrected chi connectivity index (χ4v) is 7.51. The van der Waals surface area contributed by atoms with Crippen LogP contribution in [-0.4, -0.2) is 37.9 Å². The molecule has 5 heteroatoms. The average Bonchev–Trinajstić information content (AvgIpc) is 3.20. The summed E-state index contributed by atoms with van der Waals surface area (Å²) < 4.78 is 17.3. The highest BCUT2D eigenvalue weighted by Gasteiger charge is 2.17. The topological polar surface area (TPSA) is 61.8 Å². The summed E-state index contributed by atoms with van der Waals surface area (Å²) in [5.74, 6) is -0.395. The fourth-order valence-electron chi connectivity index (χ4n) is 7.51. The fraction of sp³-hybridized carbons (Fsp3) is 0.922. The second kappa shape index (κ2) is 48.0. The molecule has 0 aromatic rings. The molecule has 0 aliphatic heterocycles. The van der Waals surface area contributed by atoms with Crippen LogP contribution in [0.1, 0.15) is 278 Å². The lowest BCUT2D eigenvalue weighted by Gasteiger charge is -2.18. The highest BCUT2D eigenvalue weighted by atomic mass is 16.6. The molecule has 1 atom stereocenters. The van der Waals surface area contributed by atoms with Crippen molar-refractivity contribution < 1.29 is 23.8 Å². The van der Waals surface area contributed by atoms with Crippen LogP contribution in [0.25, 0.3) is 0 Å². The molecule has 1 unspecified atom stereocenters. The van der Waals surface area contributed by atoms with E-state index in [4.69, 9.17) is 14.2 Å². The van der Waals surface area contributed by atoms with Crippen LogP contribution < -0.4 is 0 Å². The first-order chi connectivity index (χ1) is 27.6. The van der Waals surface area contributed by atoms with E-state index in [0.717, 1.165) is 44.9 Å². The molecule has 0 aliphatic carbocycles. The van der Waals surface area contributed by atoms with Gasteiger partial charge in [-0.3, -0.25) is 9.59 Å². The van der Waals surface area contributed by atoms with E-state index in [1.807, 2.05) is 0 Å². The van der Waals surface area contributed by atoms with Gasteiger partial charge in [0.2, 0.25) is 0 Å². The molecule has 0 spiro atoms. The van der Waals surface area contributed by atoms with E-state index in [-0.39, 0.29) is 18.5 Å². The second-order valence-electron chi connectivity index (χ2n) is 17.1. The number of hydrogen-bond donors (Lipinski definition) is 0. The Kier molecular flexibility index (Phi) is 46.8. The van der Waals surface area contributed by atoms with Gasteiger partial charge in [-0.05, 0) is 44.9 Å². The Morgan fingerprint density at radius 1 is 0.375 bits per heavy atom. The SMILES string of the molecule is CCCCCCCC/C=C\CCCCCCCCOCC(COC(=O)CCCCCCCCCCCCCCCCCCCCC)OC(=O)CCCCCCC. The number of carbonyl (C=O) groups is 2. The summed E-state index contributed by atoms with van der Waals surface area (Å²) in [5, 5.41) is 0. The third kappa shape index (κ3) is 45.3. The molecule has 5 nitrogen and oxygen atoms in total. The van der Waals surface area contributed by atoms with Gasteiger partial charge in [0.1, 0.15) is 6.61 Å². The minimum Gasteiger partial charge on any atom is -0.462 e. The summed E-state index contributed by atoms with van der Waals surface area (Å²) in [6, 6.07) is 0. The zero-order chi connectivity index (χ0) is 40.7. The molecule has 0 saturated carbocycles. The van der Waals surface area contributed by atoms with Crippen molar-refractivity contribution in [1.29, 1.82) is 0 Å². The average molecular weight is 791 g/mol. The molecule has 0 saturated heterocycles. The number of unbranched alkanes of at least 4 members (excludes halogenated alkanes) is 34. The lowest BCUT2D eigenvalue weighted by molar-refractivity contribution is -0.163. The van der Waals surface area contributed by atoms with E-state index in [2.05, 4.69) is 32.9 Å². The van der Waals surface area contributed by atoms with Crippen molar-refractivity contribution in [3.05, 3.63) is 12.2 Å². The Morgan fingerprint density at radius 3 is 1.09 bits per heavy atom. The largest absolute Gasteiger partial charge is 0.462 e. The van der Waals surface area contributed by atoms with Gasteiger partial charge in [-0.15, -0.1) is 0 Å². The maximum atomic E-state index is 12.6. The van der Waals surface area contributed by atoms with Crippen molar-refractivity contribution >= 4 is 11.9 Å². The molecule has 0 aromatic carbocycles. The van der Waals surface area contributed by atoms with Gasteiger partial charge >= 0.3 is 11.9 Å². The van der Waals surface area contributed by atoms with Crippen LogP contribution in [0.15, 0.2) is 12.2 Å². The van der Waals surface area contributed by atoms with Crippen LogP contribution in [0, 0.1) is 0 Å². The Bertz CT molecular complexity index is 810. The van der Waals surface area contributed by atoms with Crippen LogP contribution in [0.2, 0.25) is 0 Å². The molecule has 0 bridgehead atoms. The molecule has 0 amide bonds. The Hall–Kier alpha value is -1.36. The highest BCUT2D eigenvalue weighted by Crippen LogP contribution is 2.16. The molecular formula is C51H98O5. The zero-order valence-electron chi connectivity index (χ0n) is 38.2. The van der Waals surface area contributed by atoms with E-state index in [0.29, 0.717) is 26.1 Å². The molecular weight excluding hydrogens is 693 g/mol. The number of esters is 2. The van der Waals surface area contributed by atoms with Gasteiger partial charge in [0.25, 0.3) is 0 Å². The number of hydrogen-bond acceptors (Lipinski definition) is 5. The summed E-state index contributed by atoms with van der Waals surface area (Å²) in [6.45, 7) is 7.79. The van der Waals surface area contributed by atoms with E-state index in [1.54, 1.807) is 0 Å². The standard InChI is InChI=1S/C51H98O5/c1-4-7-10-13-15-17-19-21-23-25-26-27-28-30-32-34-36-39-41-44-50(52)55-48-49(56-51(53)45-42-38-12-9-6-3)47-54-46-43-40-37-35-33-31-29-24-22-20-18-16-14-11-8-5-2/h22,24,49H,4-21,23,25-48H2,1-3H3/b24-22-. The lowest BCUT2D eigenvalue weighted by atomic mass is 10.0. The molecule has 0 N–H and O–H groups in total. The van der Waals surface area contributed by atoms with E-state index in [1.165, 1.54) is 199 Å². The van der Waals surface area contributed by atoms with Crippen LogP contribution in [0.3, 0.4) is 0 Å². The Labute approximate surface area is 350 Å². The zero-order valence-corrected chi connectivity index (χ0v) is 38.2. The van der Waals surface area contributed by atoms with Gasteiger partial charge in [0.05, 0.1) is 6.61 Å². The molecule has 56 heavy (non-hydrogen) atoms. The summed E-state index contributed by atoms with van der Waals surface area (Å²) in [7, 11) is 0. The lowest BCUT2D eigenvalue weighted by Crippen LogP contribution is -2.30. The van der Waals surface area contributed by atoms with Gasteiger partial charge in [0.15, 0.2) is 6.10 Å². The van der Waals surface area contributed by atoms with Crippen molar-refractivity contribution in [2.45, 2.75) is 284 Å². The first-order valence-corrected chi connectivity index (χ1v) is 25.2. The number of ether oxygens (including phenoxy) is 3. The van der Waals surface area contributed by atoms with Gasteiger partial charge in [-0.2, -0.15) is 0 Å². The smallest absolute Gasteiger partial charge is 0.306 e. The van der Waals surface area contributed by atoms with Crippen molar-refractivity contribution in [1.82, 2.24) is 0 Å². The first kappa shape index (κ1) is 54.6. The summed E-state index contributed by atoms with van der Waals surface area (Å²) in [6.07, 6.45) is 53.9. The van der Waals surface area contributed by atoms with Crippen molar-refractivity contribution in [3.8, 4) is 0 Å². The van der Waals surface area contributed by atoms with Crippen molar-refractivity contribution in [3.63, 3.8) is 0 Å². The van der Waals surface area contributed by atoms with Crippen molar-refractivity contribution in [2.75, 3.05) is 19.8 Å². The highest BCUT2D eigenvalue weighted by molar-refractivity contribution is 5.70. The monoisotopic (exact) mass is 791 g/mol. The summed E-state index contributed by atoms with van der Waals surface area (Å²) >= 11 is 0. The summed E-state index contributed by atoms with van der Waals surface area (Å²) in [5.41, 5.74) is 0. The Morgan fingerprint density at radius 2 is 0.696 bits per heavy atom. The third-order valence-electron chi connectivity index (χ3n) is 11.3. The molecule has 0 rings (SSSR count). The number of carbonyl (C=O) groups excluding carboxylic acids is 2. The predicted octanol–water partition coefficient (Wildman–Crippen LogP) is 16.7. The normalized spacial score (nSPS) is 12.1. The van der Waals surface area contributed by atoms with E-state index < -0.39 is 6.10 Å².